The van der Waals surface area contributed by atoms with Crippen molar-refractivity contribution in [2.45, 2.75) is 13.3 Å². The first-order valence-electron chi connectivity index (χ1n) is 4.60. The number of pyridine rings is 1. The summed E-state index contributed by atoms with van der Waals surface area (Å²) in [5.74, 6) is -2.21. The summed E-state index contributed by atoms with van der Waals surface area (Å²) in [6.07, 6.45) is -3.98. The Bertz CT molecular complexity index is 512. The van der Waals surface area contributed by atoms with Gasteiger partial charge in [0.25, 0.3) is 0 Å². The molecule has 0 saturated heterocycles. The lowest BCUT2D eigenvalue weighted by atomic mass is 10.3. The molecule has 1 N–H and O–H groups in total. The van der Waals surface area contributed by atoms with E-state index in [2.05, 4.69) is 14.5 Å². The summed E-state index contributed by atoms with van der Waals surface area (Å²) in [6.45, 7) is 1.44. The van der Waals surface area contributed by atoms with Crippen LogP contribution < -0.4 is 10.2 Å². The molecular formula is C9H7F3INO4. The Labute approximate surface area is 112 Å². The molecule has 0 amide bonds. The topological polar surface area (TPSA) is 68.4 Å². The minimum absolute atomic E-state index is 0.0418. The lowest BCUT2D eigenvalue weighted by Gasteiger charge is -2.11. The van der Waals surface area contributed by atoms with Crippen LogP contribution in [-0.2, 0) is 4.74 Å². The highest BCUT2D eigenvalue weighted by Crippen LogP contribution is 2.23. The summed E-state index contributed by atoms with van der Waals surface area (Å²) < 4.78 is 44.5. The highest BCUT2D eigenvalue weighted by Gasteiger charge is 2.35. The van der Waals surface area contributed by atoms with E-state index in [1.807, 2.05) is 0 Å². The van der Waals surface area contributed by atoms with Gasteiger partial charge in [0.2, 0.25) is 11.2 Å². The molecule has 1 rings (SSSR count). The molecule has 0 aromatic carbocycles. The van der Waals surface area contributed by atoms with Crippen LogP contribution in [0.4, 0.5) is 13.2 Å². The van der Waals surface area contributed by atoms with E-state index in [1.54, 1.807) is 0 Å². The van der Waals surface area contributed by atoms with Crippen LogP contribution in [0.1, 0.15) is 17.4 Å². The Morgan fingerprint density at radius 3 is 2.61 bits per heavy atom. The van der Waals surface area contributed by atoms with Crippen molar-refractivity contribution in [3.63, 3.8) is 0 Å². The maximum absolute atomic E-state index is 12.2. The van der Waals surface area contributed by atoms with Crippen LogP contribution in [0, 0.1) is 3.57 Å². The highest BCUT2D eigenvalue weighted by molar-refractivity contribution is 14.1. The predicted molar refractivity (Wildman–Crippen MR) is 62.4 cm³/mol. The Morgan fingerprint density at radius 1 is 1.50 bits per heavy atom. The van der Waals surface area contributed by atoms with E-state index >= 15 is 0 Å². The third-order valence-electron chi connectivity index (χ3n) is 1.69. The van der Waals surface area contributed by atoms with E-state index in [9.17, 15) is 22.8 Å². The Kier molecular flexibility index (Phi) is 4.59. The molecule has 0 aliphatic rings. The largest absolute Gasteiger partial charge is 0.573 e. The number of aromatic amines is 1. The maximum atomic E-state index is 12.2. The molecule has 0 spiro atoms. The van der Waals surface area contributed by atoms with Crippen molar-refractivity contribution >= 4 is 28.6 Å². The zero-order valence-electron chi connectivity index (χ0n) is 8.93. The summed E-state index contributed by atoms with van der Waals surface area (Å²) in [6, 6.07) is 0. The summed E-state index contributed by atoms with van der Waals surface area (Å²) in [5, 5.41) is 0. The fraction of sp³-hybridized carbons (Fsp3) is 0.333. The first-order chi connectivity index (χ1) is 8.26. The monoisotopic (exact) mass is 377 g/mol. The number of rotatable bonds is 3. The van der Waals surface area contributed by atoms with E-state index in [-0.39, 0.29) is 10.2 Å². The lowest BCUT2D eigenvalue weighted by Crippen LogP contribution is -2.26. The Balaban J connectivity index is 3.30. The average Bonchev–Trinajstić information content (AvgIpc) is 2.23. The number of nitrogens with one attached hydrogen (secondary N) is 1. The summed E-state index contributed by atoms with van der Waals surface area (Å²) in [4.78, 5) is 25.1. The fourth-order valence-electron chi connectivity index (χ4n) is 1.06. The van der Waals surface area contributed by atoms with Crippen molar-refractivity contribution in [3.05, 3.63) is 25.7 Å². The summed E-state index contributed by atoms with van der Waals surface area (Å²) in [5.41, 5.74) is -1.70. The van der Waals surface area contributed by atoms with Crippen molar-refractivity contribution in [2.75, 3.05) is 6.61 Å². The molecule has 1 aromatic rings. The van der Waals surface area contributed by atoms with Gasteiger partial charge in [-0.3, -0.25) is 4.79 Å². The van der Waals surface area contributed by atoms with E-state index in [0.717, 1.165) is 6.20 Å². The van der Waals surface area contributed by atoms with E-state index < -0.39 is 29.2 Å². The van der Waals surface area contributed by atoms with Gasteiger partial charge in [0, 0.05) is 6.20 Å². The van der Waals surface area contributed by atoms with Crippen LogP contribution in [0.25, 0.3) is 0 Å². The van der Waals surface area contributed by atoms with Crippen LogP contribution in [0.5, 0.6) is 5.75 Å². The van der Waals surface area contributed by atoms with Gasteiger partial charge in [-0.05, 0) is 29.5 Å². The standard InChI is InChI=1S/C9H7F3INO4/c1-2-17-8(16)5-7(18-9(10,11)12)6(15)4(13)3-14-5/h3H,2H2,1H3,(H,14,15). The molecule has 0 aliphatic carbocycles. The van der Waals surface area contributed by atoms with Crippen LogP contribution in [0.3, 0.4) is 0 Å². The number of hydrogen-bond acceptors (Lipinski definition) is 4. The summed E-state index contributed by atoms with van der Waals surface area (Å²) >= 11 is 1.52. The highest BCUT2D eigenvalue weighted by atomic mass is 127. The van der Waals surface area contributed by atoms with Gasteiger partial charge in [0.05, 0.1) is 10.2 Å². The van der Waals surface area contributed by atoms with Crippen molar-refractivity contribution in [2.24, 2.45) is 0 Å². The summed E-state index contributed by atoms with van der Waals surface area (Å²) in [7, 11) is 0. The van der Waals surface area contributed by atoms with Gasteiger partial charge in [-0.25, -0.2) is 4.79 Å². The smallest absolute Gasteiger partial charge is 0.461 e. The van der Waals surface area contributed by atoms with Crippen molar-refractivity contribution in [3.8, 4) is 5.75 Å². The molecule has 1 aromatic heterocycles. The number of alkyl halides is 3. The zero-order chi connectivity index (χ0) is 13.9. The van der Waals surface area contributed by atoms with Gasteiger partial charge in [0.1, 0.15) is 0 Å². The van der Waals surface area contributed by atoms with E-state index in [4.69, 9.17) is 0 Å². The van der Waals surface area contributed by atoms with Crippen molar-refractivity contribution in [1.82, 2.24) is 4.98 Å². The molecule has 18 heavy (non-hydrogen) atoms. The van der Waals surface area contributed by atoms with Gasteiger partial charge in [0.15, 0.2) is 5.69 Å². The van der Waals surface area contributed by atoms with Gasteiger partial charge in [-0.1, -0.05) is 0 Å². The number of aromatic nitrogens is 1. The van der Waals surface area contributed by atoms with Gasteiger partial charge < -0.3 is 14.5 Å². The second-order valence-corrected chi connectivity index (χ2v) is 4.10. The van der Waals surface area contributed by atoms with Crippen molar-refractivity contribution in [1.29, 1.82) is 0 Å². The molecule has 0 fully saturated rings. The van der Waals surface area contributed by atoms with Crippen molar-refractivity contribution < 1.29 is 27.4 Å². The molecule has 9 heteroatoms. The van der Waals surface area contributed by atoms with Gasteiger partial charge in [-0.15, -0.1) is 13.2 Å². The number of hydrogen-bond donors (Lipinski definition) is 1. The van der Waals surface area contributed by atoms with Gasteiger partial charge >= 0.3 is 12.3 Å². The van der Waals surface area contributed by atoms with E-state index in [0.29, 0.717) is 0 Å². The number of halogens is 4. The van der Waals surface area contributed by atoms with Gasteiger partial charge in [-0.2, -0.15) is 0 Å². The Morgan fingerprint density at radius 2 is 2.11 bits per heavy atom. The maximum Gasteiger partial charge on any atom is 0.573 e. The second kappa shape index (κ2) is 5.59. The minimum atomic E-state index is -5.07. The molecule has 0 radical (unpaired) electrons. The molecule has 0 aliphatic heterocycles. The number of carbonyl (C=O) groups excluding carboxylic acids is 1. The molecule has 5 nitrogen and oxygen atoms in total. The first-order valence-corrected chi connectivity index (χ1v) is 5.68. The number of H-pyrrole nitrogens is 1. The second-order valence-electron chi connectivity index (χ2n) is 2.94. The minimum Gasteiger partial charge on any atom is -0.461 e. The third kappa shape index (κ3) is 3.62. The Hall–Kier alpha value is -1.26. The quantitative estimate of drug-likeness (QED) is 0.647. The SMILES string of the molecule is CCOC(=O)c1[nH]cc(I)c(=O)c1OC(F)(F)F. The van der Waals surface area contributed by atoms with Crippen LogP contribution in [-0.4, -0.2) is 23.9 Å². The first kappa shape index (κ1) is 14.8. The molecule has 100 valence electrons. The predicted octanol–water partition coefficient (Wildman–Crippen LogP) is 2.05. The third-order valence-corrected chi connectivity index (χ3v) is 2.49. The number of ether oxygens (including phenoxy) is 2. The number of esters is 1. The molecule has 0 atom stereocenters. The molecule has 0 unspecified atom stereocenters. The normalized spacial score (nSPS) is 11.2. The average molecular weight is 377 g/mol. The van der Waals surface area contributed by atoms with Crippen LogP contribution >= 0.6 is 22.6 Å². The number of carbonyl (C=O) groups is 1. The molecule has 0 bridgehead atoms. The van der Waals surface area contributed by atoms with Crippen LogP contribution in [0.15, 0.2) is 11.0 Å². The molecular weight excluding hydrogens is 370 g/mol. The molecule has 0 saturated carbocycles. The van der Waals surface area contributed by atoms with E-state index in [1.165, 1.54) is 29.5 Å². The molecule has 1 heterocycles. The lowest BCUT2D eigenvalue weighted by molar-refractivity contribution is -0.275. The zero-order valence-corrected chi connectivity index (χ0v) is 11.1. The van der Waals surface area contributed by atoms with Crippen LogP contribution in [0.2, 0.25) is 0 Å². The fourth-order valence-corrected chi connectivity index (χ4v) is 1.46.